The average molecular weight is 475 g/mol. The van der Waals surface area contributed by atoms with Crippen LogP contribution < -0.4 is 27.0 Å². The van der Waals surface area contributed by atoms with Crippen LogP contribution in [0.4, 0.5) is 17.8 Å². The van der Waals surface area contributed by atoms with E-state index in [2.05, 4.69) is 42.8 Å². The van der Waals surface area contributed by atoms with Gasteiger partial charge >= 0.3 is 0 Å². The number of aromatic nitrogens is 3. The van der Waals surface area contributed by atoms with E-state index in [1.54, 1.807) is 18.2 Å². The lowest BCUT2D eigenvalue weighted by Crippen LogP contribution is -2.27. The molecule has 0 radical (unpaired) electrons. The Bertz CT molecular complexity index is 866. The molecular formula is C22H34N8O4. The van der Waals surface area contributed by atoms with Gasteiger partial charge in [-0.3, -0.25) is 4.79 Å². The first-order chi connectivity index (χ1) is 16.7. The molecule has 2 rings (SSSR count). The number of hydrogen-bond donors (Lipinski definition) is 6. The highest BCUT2D eigenvalue weighted by molar-refractivity contribution is 5.94. The third kappa shape index (κ3) is 10.5. The minimum atomic E-state index is -0.169. The summed E-state index contributed by atoms with van der Waals surface area (Å²) in [6.45, 7) is 7.66. The van der Waals surface area contributed by atoms with Gasteiger partial charge in [0.15, 0.2) is 0 Å². The van der Waals surface area contributed by atoms with Gasteiger partial charge in [-0.25, -0.2) is 0 Å². The van der Waals surface area contributed by atoms with Crippen molar-refractivity contribution < 1.29 is 19.4 Å². The van der Waals surface area contributed by atoms with Crippen LogP contribution in [0.3, 0.4) is 0 Å². The highest BCUT2D eigenvalue weighted by Crippen LogP contribution is 2.11. The number of anilines is 3. The Morgan fingerprint density at radius 2 is 1.59 bits per heavy atom. The smallest absolute Gasteiger partial charge is 0.251 e. The molecule has 0 saturated carbocycles. The number of amides is 1. The number of rotatable bonds is 18. The number of nitrogens with two attached hydrogens (primary N) is 1. The van der Waals surface area contributed by atoms with E-state index in [0.717, 1.165) is 5.56 Å². The van der Waals surface area contributed by atoms with Gasteiger partial charge in [-0.2, -0.15) is 15.0 Å². The number of aliphatic hydroxyl groups excluding tert-OH is 1. The summed E-state index contributed by atoms with van der Waals surface area (Å²) < 4.78 is 10.6. The van der Waals surface area contributed by atoms with Gasteiger partial charge in [0.2, 0.25) is 17.8 Å². The molecule has 0 aliphatic heterocycles. The Morgan fingerprint density at radius 1 is 0.941 bits per heavy atom. The quantitative estimate of drug-likeness (QED) is 0.129. The second kappa shape index (κ2) is 16.3. The van der Waals surface area contributed by atoms with Crippen LogP contribution >= 0.6 is 0 Å². The number of aliphatic hydroxyl groups is 1. The lowest BCUT2D eigenvalue weighted by molar-refractivity contribution is 0.0511. The molecule has 0 unspecified atom stereocenters. The molecule has 186 valence electrons. The second-order valence-corrected chi connectivity index (χ2v) is 6.95. The van der Waals surface area contributed by atoms with E-state index in [9.17, 15) is 4.79 Å². The molecule has 1 heterocycles. The summed E-state index contributed by atoms with van der Waals surface area (Å²) in [7, 11) is 0. The molecule has 1 amide bonds. The fraction of sp³-hybridized carbons (Fsp3) is 0.455. The highest BCUT2D eigenvalue weighted by atomic mass is 16.5. The zero-order chi connectivity index (χ0) is 24.4. The number of carbonyl (C=O) groups excluding carboxylic acids is 1. The first-order valence-electron chi connectivity index (χ1n) is 11.1. The van der Waals surface area contributed by atoms with E-state index in [1.807, 2.05) is 12.1 Å². The zero-order valence-electron chi connectivity index (χ0n) is 19.3. The first kappa shape index (κ1) is 26.9. The Balaban J connectivity index is 1.80. The van der Waals surface area contributed by atoms with Crippen molar-refractivity contribution in [1.82, 2.24) is 20.3 Å². The SMILES string of the molecule is C=CCNc1nc(NCCO)nc(NCc2ccc(C(=O)NCCOCCOCCN)cc2)n1. The molecule has 7 N–H and O–H groups in total. The minimum Gasteiger partial charge on any atom is -0.395 e. The van der Waals surface area contributed by atoms with Crippen LogP contribution in [0.5, 0.6) is 0 Å². The molecule has 1 aromatic heterocycles. The van der Waals surface area contributed by atoms with E-state index in [0.29, 0.717) is 82.6 Å². The van der Waals surface area contributed by atoms with Gasteiger partial charge in [0, 0.05) is 38.3 Å². The third-order valence-corrected chi connectivity index (χ3v) is 4.27. The van der Waals surface area contributed by atoms with E-state index in [4.69, 9.17) is 20.3 Å². The lowest BCUT2D eigenvalue weighted by Gasteiger charge is -2.11. The number of carbonyl (C=O) groups is 1. The number of benzene rings is 1. The van der Waals surface area contributed by atoms with Crippen molar-refractivity contribution >= 4 is 23.8 Å². The number of nitrogens with one attached hydrogen (secondary N) is 4. The van der Waals surface area contributed by atoms with E-state index < -0.39 is 0 Å². The van der Waals surface area contributed by atoms with Crippen LogP contribution in [0.25, 0.3) is 0 Å². The van der Waals surface area contributed by atoms with Crippen molar-refractivity contribution in [3.05, 3.63) is 48.0 Å². The van der Waals surface area contributed by atoms with Crippen molar-refractivity contribution in [3.63, 3.8) is 0 Å². The Morgan fingerprint density at radius 3 is 2.24 bits per heavy atom. The summed E-state index contributed by atoms with van der Waals surface area (Å²) >= 11 is 0. The molecule has 0 saturated heterocycles. The van der Waals surface area contributed by atoms with Crippen molar-refractivity contribution in [2.24, 2.45) is 5.73 Å². The van der Waals surface area contributed by atoms with Crippen molar-refractivity contribution in [1.29, 1.82) is 0 Å². The third-order valence-electron chi connectivity index (χ3n) is 4.27. The number of hydrogen-bond acceptors (Lipinski definition) is 11. The molecule has 0 bridgehead atoms. The standard InChI is InChI=1S/C22H34N8O4/c1-2-8-25-20-28-21(26-9-11-31)30-22(29-20)27-16-17-3-5-18(6-4-17)19(32)24-10-13-34-15-14-33-12-7-23/h2-6,31H,1,7-16,23H2,(H,24,32)(H3,25,26,27,28,29,30). The van der Waals surface area contributed by atoms with Crippen molar-refractivity contribution in [3.8, 4) is 0 Å². The van der Waals surface area contributed by atoms with E-state index >= 15 is 0 Å². The Hall–Kier alpha value is -3.32. The predicted molar refractivity (Wildman–Crippen MR) is 131 cm³/mol. The molecule has 12 heteroatoms. The van der Waals surface area contributed by atoms with E-state index in [1.165, 1.54) is 0 Å². The van der Waals surface area contributed by atoms with Gasteiger partial charge in [-0.1, -0.05) is 18.2 Å². The molecule has 0 atom stereocenters. The largest absolute Gasteiger partial charge is 0.395 e. The summed E-state index contributed by atoms with van der Waals surface area (Å²) in [4.78, 5) is 25.1. The summed E-state index contributed by atoms with van der Waals surface area (Å²) in [6.07, 6.45) is 1.70. The van der Waals surface area contributed by atoms with Crippen LogP contribution in [0.2, 0.25) is 0 Å². The van der Waals surface area contributed by atoms with Gasteiger partial charge in [0.25, 0.3) is 5.91 Å². The summed E-state index contributed by atoms with van der Waals surface area (Å²) in [6, 6.07) is 7.23. The Labute approximate surface area is 199 Å². The van der Waals surface area contributed by atoms with Crippen LogP contribution in [0.1, 0.15) is 15.9 Å². The molecule has 12 nitrogen and oxygen atoms in total. The first-order valence-corrected chi connectivity index (χ1v) is 11.1. The van der Waals surface area contributed by atoms with Crippen LogP contribution in [0, 0.1) is 0 Å². The molecule has 0 aliphatic carbocycles. The fourth-order valence-electron chi connectivity index (χ4n) is 2.64. The number of nitrogens with zero attached hydrogens (tertiary/aromatic N) is 3. The van der Waals surface area contributed by atoms with Gasteiger partial charge in [0.1, 0.15) is 0 Å². The second-order valence-electron chi connectivity index (χ2n) is 6.95. The van der Waals surface area contributed by atoms with Crippen LogP contribution in [-0.2, 0) is 16.0 Å². The van der Waals surface area contributed by atoms with Gasteiger partial charge in [-0.15, -0.1) is 6.58 Å². The maximum atomic E-state index is 12.3. The monoisotopic (exact) mass is 474 g/mol. The molecule has 1 aromatic carbocycles. The molecule has 0 aliphatic rings. The minimum absolute atomic E-state index is 0.0407. The maximum Gasteiger partial charge on any atom is 0.251 e. The summed E-state index contributed by atoms with van der Waals surface area (Å²) in [5.41, 5.74) is 6.84. The predicted octanol–water partition coefficient (Wildman–Crippen LogP) is 0.208. The van der Waals surface area contributed by atoms with E-state index in [-0.39, 0.29) is 12.5 Å². The number of ether oxygens (including phenoxy) is 2. The van der Waals surface area contributed by atoms with Gasteiger partial charge in [0.05, 0.1) is 33.0 Å². The molecular weight excluding hydrogens is 440 g/mol. The van der Waals surface area contributed by atoms with Crippen LogP contribution in [0.15, 0.2) is 36.9 Å². The van der Waals surface area contributed by atoms with Crippen molar-refractivity contribution in [2.75, 3.05) is 75.2 Å². The highest BCUT2D eigenvalue weighted by Gasteiger charge is 2.08. The Kier molecular flexibility index (Phi) is 12.9. The maximum absolute atomic E-state index is 12.3. The van der Waals surface area contributed by atoms with Gasteiger partial charge < -0.3 is 41.6 Å². The molecule has 0 spiro atoms. The van der Waals surface area contributed by atoms with Crippen LogP contribution in [-0.4, -0.2) is 85.2 Å². The lowest BCUT2D eigenvalue weighted by atomic mass is 10.1. The average Bonchev–Trinajstić information content (AvgIpc) is 2.86. The fourth-order valence-corrected chi connectivity index (χ4v) is 2.64. The molecule has 34 heavy (non-hydrogen) atoms. The van der Waals surface area contributed by atoms with Crippen molar-refractivity contribution in [2.45, 2.75) is 6.54 Å². The normalized spacial score (nSPS) is 10.5. The molecule has 2 aromatic rings. The summed E-state index contributed by atoms with van der Waals surface area (Å²) in [5.74, 6) is 0.934. The summed E-state index contributed by atoms with van der Waals surface area (Å²) in [5, 5.41) is 20.9. The van der Waals surface area contributed by atoms with Gasteiger partial charge in [-0.05, 0) is 17.7 Å². The molecule has 0 fully saturated rings. The zero-order valence-corrected chi connectivity index (χ0v) is 19.3. The topological polar surface area (TPSA) is 169 Å².